The summed E-state index contributed by atoms with van der Waals surface area (Å²) < 4.78 is 80.9. The lowest BCUT2D eigenvalue weighted by molar-refractivity contribution is -0.148. The van der Waals surface area contributed by atoms with Gasteiger partial charge in [-0.15, -0.1) is 10.2 Å². The lowest BCUT2D eigenvalue weighted by Crippen LogP contribution is -2.48. The summed E-state index contributed by atoms with van der Waals surface area (Å²) in [6, 6.07) is -0.982. The van der Waals surface area contributed by atoms with Crippen molar-refractivity contribution in [2.45, 2.75) is 51.1 Å². The maximum atomic E-state index is 14.2. The Bertz CT molecular complexity index is 1080. The third-order valence-corrected chi connectivity index (χ3v) is 5.57. The molecule has 2 N–H and O–H groups in total. The molecule has 0 saturated carbocycles. The number of rotatable bonds is 7. The molecule has 8 nitrogen and oxygen atoms in total. The number of aromatic nitrogens is 3. The molecule has 15 heteroatoms. The Morgan fingerprint density at radius 1 is 1.12 bits per heavy atom. The van der Waals surface area contributed by atoms with Gasteiger partial charge in [0.25, 0.3) is 0 Å². The summed E-state index contributed by atoms with van der Waals surface area (Å²) in [5.41, 5.74) is -0.281. The summed E-state index contributed by atoms with van der Waals surface area (Å²) >= 11 is 5.43. The SMILES string of the molecule is CC(NCl)C(=O)N[C@@H](CC(=O)N1CCn2c(nnc2C(F)(F)F)C1)Cc1cc(F)c(F)cc1F. The zero-order chi connectivity index (χ0) is 25.2. The summed E-state index contributed by atoms with van der Waals surface area (Å²) in [7, 11) is 0. The van der Waals surface area contributed by atoms with Crippen LogP contribution in [0.1, 0.15) is 30.6 Å². The molecule has 0 aliphatic carbocycles. The topological polar surface area (TPSA) is 92.2 Å². The minimum atomic E-state index is -4.70. The summed E-state index contributed by atoms with van der Waals surface area (Å²) in [5.74, 6) is -6.24. The van der Waals surface area contributed by atoms with Crippen LogP contribution >= 0.6 is 11.8 Å². The van der Waals surface area contributed by atoms with E-state index in [1.807, 2.05) is 0 Å². The molecule has 1 unspecified atom stereocenters. The first-order chi connectivity index (χ1) is 15.9. The first-order valence-electron chi connectivity index (χ1n) is 9.97. The molecule has 2 aromatic rings. The number of benzene rings is 1. The van der Waals surface area contributed by atoms with E-state index in [1.165, 1.54) is 11.8 Å². The van der Waals surface area contributed by atoms with E-state index in [2.05, 4.69) is 20.3 Å². The van der Waals surface area contributed by atoms with Gasteiger partial charge in [-0.25, -0.2) is 18.0 Å². The number of amides is 2. The Balaban J connectivity index is 1.76. The largest absolute Gasteiger partial charge is 0.451 e. The number of nitrogens with one attached hydrogen (secondary N) is 2. The third kappa shape index (κ3) is 5.78. The van der Waals surface area contributed by atoms with Crippen molar-refractivity contribution in [3.05, 3.63) is 46.8 Å². The van der Waals surface area contributed by atoms with Crippen LogP contribution in [0.15, 0.2) is 12.1 Å². The van der Waals surface area contributed by atoms with Gasteiger partial charge in [0.15, 0.2) is 17.5 Å². The maximum absolute atomic E-state index is 14.2. The van der Waals surface area contributed by atoms with Crippen LogP contribution in [-0.4, -0.2) is 50.1 Å². The molecular weight excluding hydrogens is 494 g/mol. The third-order valence-electron chi connectivity index (χ3n) is 5.24. The van der Waals surface area contributed by atoms with Crippen molar-refractivity contribution in [3.8, 4) is 0 Å². The minimum Gasteiger partial charge on any atom is -0.351 e. The number of carbonyl (C=O) groups is 2. The van der Waals surface area contributed by atoms with E-state index in [0.717, 1.165) is 4.57 Å². The first-order valence-corrected chi connectivity index (χ1v) is 10.4. The van der Waals surface area contributed by atoms with E-state index >= 15 is 0 Å². The van der Waals surface area contributed by atoms with Gasteiger partial charge >= 0.3 is 6.18 Å². The highest BCUT2D eigenvalue weighted by Gasteiger charge is 2.40. The molecular formula is C19H19ClF6N6O2. The van der Waals surface area contributed by atoms with Crippen LogP contribution in [0.25, 0.3) is 0 Å². The molecule has 1 aromatic heterocycles. The van der Waals surface area contributed by atoms with Gasteiger partial charge in [0.05, 0.1) is 12.6 Å². The maximum Gasteiger partial charge on any atom is 0.451 e. The number of fused-ring (bicyclic) bond motifs is 1. The summed E-state index contributed by atoms with van der Waals surface area (Å²) in [6.07, 6.45) is -5.47. The Morgan fingerprint density at radius 3 is 2.44 bits per heavy atom. The monoisotopic (exact) mass is 512 g/mol. The quantitative estimate of drug-likeness (QED) is 0.337. The number of carbonyl (C=O) groups excluding carboxylic acids is 2. The van der Waals surface area contributed by atoms with Crippen LogP contribution in [0.3, 0.4) is 0 Å². The second kappa shape index (κ2) is 10.2. The molecule has 1 aliphatic heterocycles. The van der Waals surface area contributed by atoms with Crippen LogP contribution < -0.4 is 10.2 Å². The molecule has 1 aliphatic rings. The standard InChI is InChI=1S/C19H19ClF6N6O2/c1-9(28-20)17(34)27-11(4-10-5-13(22)14(23)7-12(10)21)6-16(33)31-2-3-32-15(8-31)29-30-18(32)19(24,25)26/h5,7,9,11,28H,2-4,6,8H2,1H3,(H,27,34)/t9?,11-/m1/s1. The average molecular weight is 513 g/mol. The molecule has 2 heterocycles. The zero-order valence-corrected chi connectivity index (χ0v) is 18.4. The predicted molar refractivity (Wildman–Crippen MR) is 105 cm³/mol. The Hall–Kier alpha value is -2.87. The molecule has 186 valence electrons. The van der Waals surface area contributed by atoms with Crippen LogP contribution in [0, 0.1) is 17.5 Å². The first kappa shape index (κ1) is 25.7. The van der Waals surface area contributed by atoms with Crippen molar-refractivity contribution in [2.24, 2.45) is 0 Å². The average Bonchev–Trinajstić information content (AvgIpc) is 3.20. The van der Waals surface area contributed by atoms with Gasteiger partial charge < -0.3 is 14.8 Å². The van der Waals surface area contributed by atoms with Crippen molar-refractivity contribution < 1.29 is 35.9 Å². The van der Waals surface area contributed by atoms with Gasteiger partial charge in [-0.1, -0.05) is 0 Å². The van der Waals surface area contributed by atoms with E-state index in [9.17, 15) is 35.9 Å². The van der Waals surface area contributed by atoms with E-state index < -0.39 is 59.8 Å². The fourth-order valence-electron chi connectivity index (χ4n) is 3.46. The van der Waals surface area contributed by atoms with Crippen molar-refractivity contribution in [1.29, 1.82) is 0 Å². The highest BCUT2D eigenvalue weighted by atomic mass is 35.5. The number of halogens is 7. The Labute approximate surface area is 194 Å². The Kier molecular flexibility index (Phi) is 7.70. The van der Waals surface area contributed by atoms with Crippen molar-refractivity contribution >= 4 is 23.6 Å². The molecule has 34 heavy (non-hydrogen) atoms. The van der Waals surface area contributed by atoms with E-state index in [0.29, 0.717) is 12.1 Å². The fourth-order valence-corrected chi connectivity index (χ4v) is 3.55. The smallest absolute Gasteiger partial charge is 0.351 e. The van der Waals surface area contributed by atoms with Crippen molar-refractivity contribution in [2.75, 3.05) is 6.54 Å². The van der Waals surface area contributed by atoms with Crippen LogP contribution in [0.5, 0.6) is 0 Å². The van der Waals surface area contributed by atoms with Gasteiger partial charge in [0, 0.05) is 31.6 Å². The molecule has 0 bridgehead atoms. The number of hydrogen-bond acceptors (Lipinski definition) is 5. The molecule has 0 fully saturated rings. The van der Waals surface area contributed by atoms with Crippen LogP contribution in [-0.2, 0) is 35.3 Å². The van der Waals surface area contributed by atoms with Gasteiger partial charge in [-0.2, -0.15) is 13.2 Å². The van der Waals surface area contributed by atoms with E-state index in [-0.39, 0.29) is 37.4 Å². The summed E-state index contributed by atoms with van der Waals surface area (Å²) in [5, 5.41) is 9.13. The highest BCUT2D eigenvalue weighted by molar-refractivity contribution is 6.15. The van der Waals surface area contributed by atoms with Gasteiger partial charge in [-0.3, -0.25) is 9.59 Å². The predicted octanol–water partition coefficient (Wildman–Crippen LogP) is 2.31. The van der Waals surface area contributed by atoms with Gasteiger partial charge in [0.1, 0.15) is 5.82 Å². The normalized spacial score (nSPS) is 15.6. The molecule has 0 spiro atoms. The van der Waals surface area contributed by atoms with E-state index in [1.54, 1.807) is 0 Å². The summed E-state index contributed by atoms with van der Waals surface area (Å²) in [6.45, 7) is 0.856. The molecule has 2 amide bonds. The van der Waals surface area contributed by atoms with Crippen molar-refractivity contribution in [1.82, 2.24) is 29.8 Å². The number of nitrogens with zero attached hydrogens (tertiary/aromatic N) is 4. The van der Waals surface area contributed by atoms with E-state index in [4.69, 9.17) is 11.8 Å². The number of alkyl halides is 3. The zero-order valence-electron chi connectivity index (χ0n) is 17.6. The van der Waals surface area contributed by atoms with Crippen LogP contribution in [0.4, 0.5) is 26.3 Å². The lowest BCUT2D eigenvalue weighted by Gasteiger charge is -2.30. The second-order valence-electron chi connectivity index (χ2n) is 7.71. The Morgan fingerprint density at radius 2 is 1.79 bits per heavy atom. The number of hydrogen-bond donors (Lipinski definition) is 2. The van der Waals surface area contributed by atoms with Gasteiger partial charge in [-0.05, 0) is 36.8 Å². The second-order valence-corrected chi connectivity index (χ2v) is 7.93. The highest BCUT2D eigenvalue weighted by Crippen LogP contribution is 2.29. The molecule has 0 radical (unpaired) electrons. The molecule has 1 aromatic carbocycles. The van der Waals surface area contributed by atoms with Gasteiger partial charge in [0.2, 0.25) is 17.6 Å². The molecule has 3 rings (SSSR count). The molecule has 0 saturated heterocycles. The van der Waals surface area contributed by atoms with Crippen molar-refractivity contribution in [3.63, 3.8) is 0 Å². The van der Waals surface area contributed by atoms with Crippen LogP contribution in [0.2, 0.25) is 0 Å². The summed E-state index contributed by atoms with van der Waals surface area (Å²) in [4.78, 5) is 28.5. The molecule has 2 atom stereocenters. The minimum absolute atomic E-state index is 0.0703. The lowest BCUT2D eigenvalue weighted by atomic mass is 10.0. The fraction of sp³-hybridized carbons (Fsp3) is 0.474.